The summed E-state index contributed by atoms with van der Waals surface area (Å²) in [4.78, 5) is 13.3. The summed E-state index contributed by atoms with van der Waals surface area (Å²) in [5, 5.41) is 0. The highest BCUT2D eigenvalue weighted by molar-refractivity contribution is 5.76. The van der Waals surface area contributed by atoms with Crippen molar-refractivity contribution in [1.29, 1.82) is 0 Å². The monoisotopic (exact) mass is 305 g/mol. The third-order valence-corrected chi connectivity index (χ3v) is 4.36. The van der Waals surface area contributed by atoms with Crippen LogP contribution in [-0.4, -0.2) is 44.0 Å². The highest BCUT2D eigenvalue weighted by Crippen LogP contribution is 2.27. The van der Waals surface area contributed by atoms with Crippen LogP contribution in [-0.2, 0) is 0 Å². The third kappa shape index (κ3) is 4.73. The molecule has 1 saturated heterocycles. The van der Waals surface area contributed by atoms with Crippen LogP contribution < -0.4 is 9.47 Å². The lowest BCUT2D eigenvalue weighted by Gasteiger charge is -2.33. The summed E-state index contributed by atoms with van der Waals surface area (Å²) in [6.07, 6.45) is 7.03. The molecule has 0 amide bonds. The van der Waals surface area contributed by atoms with E-state index in [4.69, 9.17) is 9.47 Å². The first kappa shape index (κ1) is 16.8. The number of methoxy groups -OCH3 is 1. The Balaban J connectivity index is 1.71. The van der Waals surface area contributed by atoms with Gasteiger partial charge in [-0.2, -0.15) is 0 Å². The molecule has 0 saturated carbocycles. The van der Waals surface area contributed by atoms with Gasteiger partial charge in [-0.15, -0.1) is 0 Å². The number of aldehydes is 1. The van der Waals surface area contributed by atoms with E-state index < -0.39 is 0 Å². The molecule has 122 valence electrons. The molecule has 1 heterocycles. The van der Waals surface area contributed by atoms with Gasteiger partial charge in [-0.3, -0.25) is 4.79 Å². The van der Waals surface area contributed by atoms with Crippen molar-refractivity contribution >= 4 is 6.29 Å². The van der Waals surface area contributed by atoms with Crippen LogP contribution in [0, 0.1) is 0 Å². The predicted molar refractivity (Wildman–Crippen MR) is 88.0 cm³/mol. The van der Waals surface area contributed by atoms with E-state index >= 15 is 0 Å². The summed E-state index contributed by atoms with van der Waals surface area (Å²) in [6, 6.07) is 5.98. The molecule has 1 atom stereocenters. The molecular weight excluding hydrogens is 278 g/mol. The second-order valence-electron chi connectivity index (χ2n) is 5.96. The van der Waals surface area contributed by atoms with Crippen molar-refractivity contribution in [1.82, 2.24) is 4.90 Å². The summed E-state index contributed by atoms with van der Waals surface area (Å²) >= 11 is 0. The van der Waals surface area contributed by atoms with Crippen LogP contribution in [0.1, 0.15) is 49.4 Å². The fourth-order valence-electron chi connectivity index (χ4n) is 2.97. The highest BCUT2D eigenvalue weighted by atomic mass is 16.5. The quantitative estimate of drug-likeness (QED) is 0.544. The normalized spacial score (nSPS) is 18.9. The van der Waals surface area contributed by atoms with Crippen molar-refractivity contribution in [3.8, 4) is 11.5 Å². The summed E-state index contributed by atoms with van der Waals surface area (Å²) in [7, 11) is 1.59. The van der Waals surface area contributed by atoms with E-state index in [9.17, 15) is 4.79 Å². The topological polar surface area (TPSA) is 38.8 Å². The lowest BCUT2D eigenvalue weighted by atomic mass is 10.0. The number of carbonyl (C=O) groups is 1. The summed E-state index contributed by atoms with van der Waals surface area (Å²) < 4.78 is 11.0. The van der Waals surface area contributed by atoms with Crippen LogP contribution >= 0.6 is 0 Å². The van der Waals surface area contributed by atoms with Gasteiger partial charge in [0.1, 0.15) is 6.29 Å². The van der Waals surface area contributed by atoms with Crippen molar-refractivity contribution in [2.24, 2.45) is 0 Å². The van der Waals surface area contributed by atoms with Crippen molar-refractivity contribution in [3.05, 3.63) is 23.8 Å². The van der Waals surface area contributed by atoms with Crippen LogP contribution in [0.25, 0.3) is 0 Å². The predicted octanol–water partition coefficient (Wildman–Crippen LogP) is 3.54. The number of rotatable bonds is 8. The lowest BCUT2D eigenvalue weighted by Crippen LogP contribution is -2.38. The summed E-state index contributed by atoms with van der Waals surface area (Å²) in [5.41, 5.74) is 0.600. The molecule has 4 nitrogen and oxygen atoms in total. The maximum Gasteiger partial charge on any atom is 0.161 e. The number of piperidine rings is 1. The van der Waals surface area contributed by atoms with Crippen LogP contribution in [0.4, 0.5) is 0 Å². The van der Waals surface area contributed by atoms with Gasteiger partial charge >= 0.3 is 0 Å². The largest absolute Gasteiger partial charge is 0.493 e. The molecule has 1 aromatic rings. The van der Waals surface area contributed by atoms with Crippen LogP contribution in [0.5, 0.6) is 11.5 Å². The van der Waals surface area contributed by atoms with E-state index in [-0.39, 0.29) is 0 Å². The minimum Gasteiger partial charge on any atom is -0.493 e. The minimum absolute atomic E-state index is 0.600. The highest BCUT2D eigenvalue weighted by Gasteiger charge is 2.17. The number of unbranched alkanes of at least 4 members (excludes halogenated alkanes) is 1. The molecule has 1 aromatic carbocycles. The molecule has 0 radical (unpaired) electrons. The molecule has 1 aliphatic heterocycles. The number of hydrogen-bond donors (Lipinski definition) is 0. The van der Waals surface area contributed by atoms with Crippen molar-refractivity contribution in [2.75, 3.05) is 26.8 Å². The minimum atomic E-state index is 0.600. The number of nitrogens with zero attached hydrogens (tertiary/aromatic N) is 1. The second-order valence-corrected chi connectivity index (χ2v) is 5.96. The molecule has 1 fully saturated rings. The van der Waals surface area contributed by atoms with E-state index in [0.29, 0.717) is 23.7 Å². The SMILES string of the molecule is COc1cc(C=O)ccc1OCCCCN1CCCC[C@H]1C. The first-order valence-electron chi connectivity index (χ1n) is 8.24. The third-order valence-electron chi connectivity index (χ3n) is 4.36. The Morgan fingerprint density at radius 1 is 1.27 bits per heavy atom. The Labute approximate surface area is 133 Å². The van der Waals surface area contributed by atoms with Gasteiger partial charge in [0.25, 0.3) is 0 Å². The van der Waals surface area contributed by atoms with E-state index in [0.717, 1.165) is 31.7 Å². The fraction of sp³-hybridized carbons (Fsp3) is 0.611. The molecular formula is C18H27NO3. The smallest absolute Gasteiger partial charge is 0.161 e. The van der Waals surface area contributed by atoms with E-state index in [1.54, 1.807) is 25.3 Å². The zero-order valence-corrected chi connectivity index (χ0v) is 13.7. The lowest BCUT2D eigenvalue weighted by molar-refractivity contribution is 0.112. The van der Waals surface area contributed by atoms with Gasteiger partial charge in [-0.1, -0.05) is 6.42 Å². The van der Waals surface area contributed by atoms with Gasteiger partial charge in [-0.25, -0.2) is 0 Å². The molecule has 22 heavy (non-hydrogen) atoms. The number of ether oxygens (including phenoxy) is 2. The summed E-state index contributed by atoms with van der Waals surface area (Å²) in [6.45, 7) is 5.41. The molecule has 0 N–H and O–H groups in total. The van der Waals surface area contributed by atoms with Gasteiger partial charge in [0.2, 0.25) is 0 Å². The second kappa shape index (κ2) is 8.79. The summed E-state index contributed by atoms with van der Waals surface area (Å²) in [5.74, 6) is 1.33. The average Bonchev–Trinajstić information content (AvgIpc) is 2.56. The Morgan fingerprint density at radius 3 is 2.86 bits per heavy atom. The molecule has 0 aromatic heterocycles. The first-order chi connectivity index (χ1) is 10.7. The number of benzene rings is 1. The zero-order chi connectivity index (χ0) is 15.8. The Kier molecular flexibility index (Phi) is 6.72. The van der Waals surface area contributed by atoms with Crippen molar-refractivity contribution < 1.29 is 14.3 Å². The van der Waals surface area contributed by atoms with Gasteiger partial charge < -0.3 is 14.4 Å². The van der Waals surface area contributed by atoms with E-state index in [2.05, 4.69) is 11.8 Å². The van der Waals surface area contributed by atoms with Gasteiger partial charge in [0.05, 0.1) is 13.7 Å². The molecule has 0 unspecified atom stereocenters. The van der Waals surface area contributed by atoms with Gasteiger partial charge in [0, 0.05) is 11.6 Å². The van der Waals surface area contributed by atoms with Gasteiger partial charge in [-0.05, 0) is 63.9 Å². The molecule has 1 aliphatic rings. The fourth-order valence-corrected chi connectivity index (χ4v) is 2.97. The maximum absolute atomic E-state index is 10.8. The molecule has 0 bridgehead atoms. The Bertz CT molecular complexity index is 475. The molecule has 2 rings (SSSR count). The number of hydrogen-bond acceptors (Lipinski definition) is 4. The molecule has 4 heteroatoms. The standard InChI is InChI=1S/C18H27NO3/c1-15-7-3-4-10-19(15)11-5-6-12-22-17-9-8-16(14-20)13-18(17)21-2/h8-9,13-15H,3-7,10-12H2,1-2H3/t15-/m1/s1. The van der Waals surface area contributed by atoms with Crippen LogP contribution in [0.15, 0.2) is 18.2 Å². The van der Waals surface area contributed by atoms with Gasteiger partial charge in [0.15, 0.2) is 11.5 Å². The van der Waals surface area contributed by atoms with Crippen LogP contribution in [0.2, 0.25) is 0 Å². The molecule has 0 aliphatic carbocycles. The average molecular weight is 305 g/mol. The van der Waals surface area contributed by atoms with E-state index in [1.807, 2.05) is 0 Å². The maximum atomic E-state index is 10.8. The Hall–Kier alpha value is -1.55. The van der Waals surface area contributed by atoms with Crippen LogP contribution in [0.3, 0.4) is 0 Å². The zero-order valence-electron chi connectivity index (χ0n) is 13.7. The first-order valence-corrected chi connectivity index (χ1v) is 8.24. The Morgan fingerprint density at radius 2 is 2.14 bits per heavy atom. The number of likely N-dealkylation sites (tertiary alicyclic amines) is 1. The number of carbonyl (C=O) groups excluding carboxylic acids is 1. The molecule has 0 spiro atoms. The van der Waals surface area contributed by atoms with Crippen molar-refractivity contribution in [2.45, 2.75) is 45.1 Å². The van der Waals surface area contributed by atoms with Crippen molar-refractivity contribution in [3.63, 3.8) is 0 Å². The van der Waals surface area contributed by atoms with E-state index in [1.165, 1.54) is 25.8 Å².